The summed E-state index contributed by atoms with van der Waals surface area (Å²) >= 11 is 0. The Kier molecular flexibility index (Phi) is 3.87. The molecule has 0 bridgehead atoms. The minimum absolute atomic E-state index is 0.906. The van der Waals surface area contributed by atoms with Gasteiger partial charge in [0.05, 0.1) is 11.2 Å². The second kappa shape index (κ2) is 5.96. The van der Waals surface area contributed by atoms with Gasteiger partial charge in [-0.2, -0.15) is 0 Å². The molecular weight excluding hydrogens is 256 g/mol. The van der Waals surface area contributed by atoms with Gasteiger partial charge in [0.1, 0.15) is 0 Å². The van der Waals surface area contributed by atoms with Gasteiger partial charge in [-0.15, -0.1) is 0 Å². The highest BCUT2D eigenvalue weighted by molar-refractivity contribution is 5.95. The molecular formula is C19H20N2. The Morgan fingerprint density at radius 1 is 0.952 bits per heavy atom. The average molecular weight is 276 g/mol. The van der Waals surface area contributed by atoms with Crippen LogP contribution in [-0.2, 0) is 6.42 Å². The lowest BCUT2D eigenvalue weighted by atomic mass is 10.0. The molecule has 0 amide bonds. The number of aryl methyl sites for hydroxylation is 1. The number of nitrogens with zero attached hydrogens (tertiary/aromatic N) is 1. The first kappa shape index (κ1) is 13.6. The number of rotatable bonds is 4. The molecule has 0 unspecified atom stereocenters. The van der Waals surface area contributed by atoms with Gasteiger partial charge in [-0.05, 0) is 25.0 Å². The van der Waals surface area contributed by atoms with Gasteiger partial charge in [0.15, 0.2) is 0 Å². The maximum atomic E-state index is 4.92. The van der Waals surface area contributed by atoms with E-state index in [1.54, 1.807) is 0 Å². The number of hydrogen-bond acceptors (Lipinski definition) is 2. The molecule has 2 aromatic carbocycles. The van der Waals surface area contributed by atoms with Crippen molar-refractivity contribution in [3.8, 4) is 11.3 Å². The van der Waals surface area contributed by atoms with Gasteiger partial charge in [-0.1, -0.05) is 55.5 Å². The zero-order valence-electron chi connectivity index (χ0n) is 12.6. The molecule has 3 rings (SSSR count). The van der Waals surface area contributed by atoms with Crippen LogP contribution in [0.4, 0.5) is 5.69 Å². The number of para-hydroxylation sites is 1. The molecule has 0 fully saturated rings. The van der Waals surface area contributed by atoms with Gasteiger partial charge in [-0.3, -0.25) is 0 Å². The third-order valence-electron chi connectivity index (χ3n) is 3.74. The molecule has 0 saturated heterocycles. The Labute approximate surface area is 125 Å². The van der Waals surface area contributed by atoms with Gasteiger partial charge < -0.3 is 5.32 Å². The second-order valence-corrected chi connectivity index (χ2v) is 5.12. The molecule has 0 saturated carbocycles. The number of aromatic nitrogens is 1. The Balaban J connectivity index is 2.27. The summed E-state index contributed by atoms with van der Waals surface area (Å²) in [5.74, 6) is 0. The molecule has 0 spiro atoms. The third-order valence-corrected chi connectivity index (χ3v) is 3.74. The van der Waals surface area contributed by atoms with Crippen LogP contribution >= 0.6 is 0 Å². The summed E-state index contributed by atoms with van der Waals surface area (Å²) in [6, 6.07) is 18.9. The van der Waals surface area contributed by atoms with Crippen molar-refractivity contribution in [1.29, 1.82) is 0 Å². The number of nitrogens with one attached hydrogen (secondary N) is 1. The van der Waals surface area contributed by atoms with Crippen molar-refractivity contribution in [3.63, 3.8) is 0 Å². The molecule has 0 aliphatic heterocycles. The fourth-order valence-electron chi connectivity index (χ4n) is 2.69. The van der Waals surface area contributed by atoms with Gasteiger partial charge in [0.25, 0.3) is 0 Å². The van der Waals surface area contributed by atoms with Crippen molar-refractivity contribution in [2.45, 2.75) is 20.3 Å². The standard InChI is InChI=1S/C19H20N2/c1-3-14-11-8-12-16-18(20-4-2)13-17(21-19(14)16)15-9-6-5-7-10-15/h5-13H,3-4H2,1-2H3,(H,20,21). The van der Waals surface area contributed by atoms with Gasteiger partial charge >= 0.3 is 0 Å². The summed E-state index contributed by atoms with van der Waals surface area (Å²) in [5, 5.41) is 4.68. The van der Waals surface area contributed by atoms with E-state index in [2.05, 4.69) is 67.7 Å². The quantitative estimate of drug-likeness (QED) is 0.733. The predicted octanol–water partition coefficient (Wildman–Crippen LogP) is 4.90. The molecule has 1 heterocycles. The Morgan fingerprint density at radius 2 is 1.76 bits per heavy atom. The first-order valence-electron chi connectivity index (χ1n) is 7.55. The molecule has 0 atom stereocenters. The Bertz CT molecular complexity index is 748. The lowest BCUT2D eigenvalue weighted by Gasteiger charge is -2.13. The predicted molar refractivity (Wildman–Crippen MR) is 90.7 cm³/mol. The number of benzene rings is 2. The van der Waals surface area contributed by atoms with Crippen LogP contribution in [0.2, 0.25) is 0 Å². The summed E-state index contributed by atoms with van der Waals surface area (Å²) in [6.45, 7) is 5.21. The molecule has 0 aliphatic carbocycles. The zero-order valence-corrected chi connectivity index (χ0v) is 12.6. The van der Waals surface area contributed by atoms with E-state index in [4.69, 9.17) is 4.98 Å². The largest absolute Gasteiger partial charge is 0.385 e. The van der Waals surface area contributed by atoms with E-state index in [-0.39, 0.29) is 0 Å². The molecule has 21 heavy (non-hydrogen) atoms. The molecule has 3 aromatic rings. The van der Waals surface area contributed by atoms with Gasteiger partial charge in [0.2, 0.25) is 0 Å². The first-order valence-corrected chi connectivity index (χ1v) is 7.55. The van der Waals surface area contributed by atoms with Crippen LogP contribution in [0.3, 0.4) is 0 Å². The van der Waals surface area contributed by atoms with Crippen molar-refractivity contribution >= 4 is 16.6 Å². The highest BCUT2D eigenvalue weighted by atomic mass is 14.9. The second-order valence-electron chi connectivity index (χ2n) is 5.12. The van der Waals surface area contributed by atoms with E-state index in [0.29, 0.717) is 0 Å². The van der Waals surface area contributed by atoms with Crippen LogP contribution in [0.1, 0.15) is 19.4 Å². The van der Waals surface area contributed by atoms with Crippen molar-refractivity contribution in [2.75, 3.05) is 11.9 Å². The number of hydrogen-bond donors (Lipinski definition) is 1. The summed E-state index contributed by atoms with van der Waals surface area (Å²) in [7, 11) is 0. The zero-order chi connectivity index (χ0) is 14.7. The Morgan fingerprint density at radius 3 is 2.48 bits per heavy atom. The van der Waals surface area contributed by atoms with E-state index >= 15 is 0 Å². The molecule has 1 aromatic heterocycles. The summed E-state index contributed by atoms with van der Waals surface area (Å²) in [5.41, 5.74) is 5.75. The van der Waals surface area contributed by atoms with Crippen LogP contribution < -0.4 is 5.32 Å². The lowest BCUT2D eigenvalue weighted by molar-refractivity contribution is 1.14. The van der Waals surface area contributed by atoms with Crippen molar-refractivity contribution < 1.29 is 0 Å². The van der Waals surface area contributed by atoms with Crippen molar-refractivity contribution in [1.82, 2.24) is 4.98 Å². The Hall–Kier alpha value is -2.35. The highest BCUT2D eigenvalue weighted by Gasteiger charge is 2.09. The molecule has 106 valence electrons. The average Bonchev–Trinajstić information content (AvgIpc) is 2.55. The summed E-state index contributed by atoms with van der Waals surface area (Å²) in [6.07, 6.45) is 0.994. The monoisotopic (exact) mass is 276 g/mol. The molecule has 0 aliphatic rings. The van der Waals surface area contributed by atoms with Crippen LogP contribution in [-0.4, -0.2) is 11.5 Å². The smallest absolute Gasteiger partial charge is 0.0762 e. The fraction of sp³-hybridized carbons (Fsp3) is 0.211. The van der Waals surface area contributed by atoms with E-state index in [0.717, 1.165) is 35.4 Å². The van der Waals surface area contributed by atoms with Crippen LogP contribution in [0, 0.1) is 0 Å². The topological polar surface area (TPSA) is 24.9 Å². The number of pyridine rings is 1. The summed E-state index contributed by atoms with van der Waals surface area (Å²) < 4.78 is 0. The van der Waals surface area contributed by atoms with Crippen molar-refractivity contribution in [3.05, 3.63) is 60.2 Å². The molecule has 1 N–H and O–H groups in total. The molecule has 2 nitrogen and oxygen atoms in total. The van der Waals surface area contributed by atoms with E-state index in [9.17, 15) is 0 Å². The van der Waals surface area contributed by atoms with Crippen LogP contribution in [0.15, 0.2) is 54.6 Å². The lowest BCUT2D eigenvalue weighted by Crippen LogP contribution is -2.00. The number of anilines is 1. The normalized spacial score (nSPS) is 10.8. The first-order chi connectivity index (χ1) is 10.3. The van der Waals surface area contributed by atoms with Crippen LogP contribution in [0.25, 0.3) is 22.2 Å². The highest BCUT2D eigenvalue weighted by Crippen LogP contribution is 2.30. The minimum Gasteiger partial charge on any atom is -0.385 e. The summed E-state index contributed by atoms with van der Waals surface area (Å²) in [4.78, 5) is 4.92. The minimum atomic E-state index is 0.906. The van der Waals surface area contributed by atoms with Crippen LogP contribution in [0.5, 0.6) is 0 Å². The molecule has 2 heteroatoms. The number of fused-ring (bicyclic) bond motifs is 1. The van der Waals surface area contributed by atoms with E-state index in [1.807, 2.05) is 6.07 Å². The van der Waals surface area contributed by atoms with Crippen molar-refractivity contribution in [2.24, 2.45) is 0 Å². The third kappa shape index (κ3) is 2.62. The van der Waals surface area contributed by atoms with E-state index < -0.39 is 0 Å². The van der Waals surface area contributed by atoms with Gasteiger partial charge in [-0.25, -0.2) is 4.98 Å². The van der Waals surface area contributed by atoms with Gasteiger partial charge in [0, 0.05) is 23.2 Å². The maximum Gasteiger partial charge on any atom is 0.0762 e. The molecule has 0 radical (unpaired) electrons. The SMILES string of the molecule is CCNc1cc(-c2ccccc2)nc2c(CC)cccc12. The maximum absolute atomic E-state index is 4.92. The fourth-order valence-corrected chi connectivity index (χ4v) is 2.69. The van der Waals surface area contributed by atoms with E-state index in [1.165, 1.54) is 10.9 Å².